The maximum absolute atomic E-state index is 13.6. The number of nitrogens with zero attached hydrogens (tertiary/aromatic N) is 2. The number of carbonyl (C=O) groups excluding carboxylic acids is 4. The fourth-order valence-corrected chi connectivity index (χ4v) is 5.96. The highest BCUT2D eigenvalue weighted by Gasteiger charge is 2.50. The molecule has 0 bridgehead atoms. The SMILES string of the molecule is O=C(COC(F)(F)F)C(C[C@@H]1CCNC1=O)NC(=O)[C@@H]1[C@H]2CCC[C@H]2CN1C(=O)c1noc2ccccc12. The van der Waals surface area contributed by atoms with Gasteiger partial charge in [0.1, 0.15) is 12.6 Å². The summed E-state index contributed by atoms with van der Waals surface area (Å²) in [6, 6.07) is 4.50. The van der Waals surface area contributed by atoms with Gasteiger partial charge in [0.05, 0.1) is 11.4 Å². The quantitative estimate of drug-likeness (QED) is 0.529. The lowest BCUT2D eigenvalue weighted by atomic mass is 9.92. The van der Waals surface area contributed by atoms with E-state index < -0.39 is 48.6 Å². The first kappa shape index (κ1) is 26.1. The highest BCUT2D eigenvalue weighted by Crippen LogP contribution is 2.43. The first-order valence-corrected chi connectivity index (χ1v) is 12.6. The summed E-state index contributed by atoms with van der Waals surface area (Å²) in [5.74, 6) is -3.23. The molecule has 13 heteroatoms. The van der Waals surface area contributed by atoms with Crippen molar-refractivity contribution in [2.75, 3.05) is 19.7 Å². The number of likely N-dealkylation sites (tertiary alicyclic amines) is 1. The third kappa shape index (κ3) is 5.24. The molecule has 2 aliphatic heterocycles. The summed E-state index contributed by atoms with van der Waals surface area (Å²) in [6.45, 7) is -0.617. The summed E-state index contributed by atoms with van der Waals surface area (Å²) in [5, 5.41) is 9.61. The topological polar surface area (TPSA) is 131 Å². The minimum Gasteiger partial charge on any atom is -0.356 e. The number of hydrogen-bond acceptors (Lipinski definition) is 7. The van der Waals surface area contributed by atoms with Crippen LogP contribution in [0.4, 0.5) is 13.2 Å². The van der Waals surface area contributed by atoms with Crippen molar-refractivity contribution in [3.8, 4) is 0 Å². The van der Waals surface area contributed by atoms with Crippen molar-refractivity contribution in [3.63, 3.8) is 0 Å². The number of amides is 3. The zero-order valence-corrected chi connectivity index (χ0v) is 20.3. The van der Waals surface area contributed by atoms with Crippen LogP contribution < -0.4 is 10.6 Å². The fourth-order valence-electron chi connectivity index (χ4n) is 5.96. The van der Waals surface area contributed by atoms with E-state index in [1.807, 2.05) is 0 Å². The Bertz CT molecular complexity index is 1250. The molecule has 0 radical (unpaired) electrons. The third-order valence-electron chi connectivity index (χ3n) is 7.77. The normalized spacial score (nSPS) is 25.9. The van der Waals surface area contributed by atoms with Gasteiger partial charge in [-0.2, -0.15) is 0 Å². The number of rotatable bonds is 8. The summed E-state index contributed by atoms with van der Waals surface area (Å²) in [7, 11) is 0. The van der Waals surface area contributed by atoms with Crippen LogP contribution >= 0.6 is 0 Å². The van der Waals surface area contributed by atoms with Crippen LogP contribution in [0.1, 0.15) is 42.6 Å². The lowest BCUT2D eigenvalue weighted by molar-refractivity contribution is -0.321. The van der Waals surface area contributed by atoms with Gasteiger partial charge in [-0.3, -0.25) is 23.9 Å². The second-order valence-corrected chi connectivity index (χ2v) is 10.1. The molecule has 3 amide bonds. The van der Waals surface area contributed by atoms with Crippen molar-refractivity contribution >= 4 is 34.5 Å². The molecule has 3 heterocycles. The van der Waals surface area contributed by atoms with Crippen LogP contribution in [0.3, 0.4) is 0 Å². The Morgan fingerprint density at radius 2 is 2.00 bits per heavy atom. The van der Waals surface area contributed by atoms with Crippen molar-refractivity contribution in [2.45, 2.75) is 50.6 Å². The number of hydrogen-bond donors (Lipinski definition) is 2. The van der Waals surface area contributed by atoms with E-state index in [1.165, 1.54) is 4.90 Å². The number of alkyl halides is 3. The predicted molar refractivity (Wildman–Crippen MR) is 124 cm³/mol. The smallest absolute Gasteiger partial charge is 0.356 e. The van der Waals surface area contributed by atoms with E-state index in [2.05, 4.69) is 20.5 Å². The zero-order valence-electron chi connectivity index (χ0n) is 20.3. The molecule has 5 rings (SSSR count). The molecule has 0 spiro atoms. The van der Waals surface area contributed by atoms with Gasteiger partial charge >= 0.3 is 6.36 Å². The van der Waals surface area contributed by atoms with Crippen LogP contribution in [0.15, 0.2) is 28.8 Å². The lowest BCUT2D eigenvalue weighted by Gasteiger charge is -2.29. The van der Waals surface area contributed by atoms with Gasteiger partial charge in [0.25, 0.3) is 5.91 Å². The van der Waals surface area contributed by atoms with Gasteiger partial charge in [0, 0.05) is 19.0 Å². The van der Waals surface area contributed by atoms with Crippen molar-refractivity contribution in [3.05, 3.63) is 30.0 Å². The molecule has 38 heavy (non-hydrogen) atoms. The Kier molecular flexibility index (Phi) is 7.12. The minimum atomic E-state index is -5.03. The molecular weight excluding hydrogens is 509 g/mol. The van der Waals surface area contributed by atoms with E-state index in [4.69, 9.17) is 4.52 Å². The summed E-state index contributed by atoms with van der Waals surface area (Å²) in [4.78, 5) is 53.5. The molecule has 1 saturated carbocycles. The van der Waals surface area contributed by atoms with Gasteiger partial charge in [-0.05, 0) is 49.7 Å². The predicted octanol–water partition coefficient (Wildman–Crippen LogP) is 2.18. The van der Waals surface area contributed by atoms with Gasteiger partial charge < -0.3 is 20.1 Å². The maximum Gasteiger partial charge on any atom is 0.522 e. The van der Waals surface area contributed by atoms with Gasteiger partial charge in [0.15, 0.2) is 17.1 Å². The van der Waals surface area contributed by atoms with E-state index >= 15 is 0 Å². The first-order valence-electron chi connectivity index (χ1n) is 12.6. The number of ether oxygens (including phenoxy) is 1. The second kappa shape index (κ2) is 10.4. The molecule has 1 aromatic carbocycles. The molecule has 1 aliphatic carbocycles. The Hall–Kier alpha value is -3.48. The highest BCUT2D eigenvalue weighted by atomic mass is 19.4. The minimum absolute atomic E-state index is 0.0622. The Labute approximate surface area is 215 Å². The molecular formula is C25H27F3N4O6. The molecule has 204 valence electrons. The Morgan fingerprint density at radius 1 is 1.21 bits per heavy atom. The van der Waals surface area contributed by atoms with E-state index in [9.17, 15) is 32.3 Å². The number of nitrogens with one attached hydrogen (secondary N) is 2. The highest BCUT2D eigenvalue weighted by molar-refractivity contribution is 6.06. The monoisotopic (exact) mass is 536 g/mol. The van der Waals surface area contributed by atoms with Gasteiger partial charge in [-0.15, -0.1) is 13.2 Å². The van der Waals surface area contributed by atoms with Gasteiger partial charge in [0.2, 0.25) is 11.8 Å². The fraction of sp³-hybridized carbons (Fsp3) is 0.560. The molecule has 2 saturated heterocycles. The van der Waals surface area contributed by atoms with Crippen LogP contribution in [-0.4, -0.2) is 71.7 Å². The van der Waals surface area contributed by atoms with E-state index in [-0.39, 0.29) is 29.9 Å². The number of para-hydroxylation sites is 1. The number of benzene rings is 1. The molecule has 1 unspecified atom stereocenters. The number of halogens is 3. The maximum atomic E-state index is 13.6. The Balaban J connectivity index is 1.38. The zero-order chi connectivity index (χ0) is 27.0. The van der Waals surface area contributed by atoms with E-state index in [1.54, 1.807) is 24.3 Å². The van der Waals surface area contributed by atoms with E-state index in [0.717, 1.165) is 12.8 Å². The van der Waals surface area contributed by atoms with Gasteiger partial charge in [-0.25, -0.2) is 0 Å². The summed E-state index contributed by atoms with van der Waals surface area (Å²) >= 11 is 0. The largest absolute Gasteiger partial charge is 0.522 e. The average Bonchev–Trinajstić information content (AvgIpc) is 3.65. The lowest BCUT2D eigenvalue weighted by Crippen LogP contribution is -2.54. The van der Waals surface area contributed by atoms with Crippen LogP contribution in [0.25, 0.3) is 11.0 Å². The van der Waals surface area contributed by atoms with Crippen LogP contribution in [0, 0.1) is 17.8 Å². The number of aromatic nitrogens is 1. The first-order chi connectivity index (χ1) is 18.1. The molecule has 5 atom stereocenters. The molecule has 2 aromatic rings. The number of fused-ring (bicyclic) bond motifs is 2. The van der Waals surface area contributed by atoms with Crippen molar-refractivity contribution in [2.24, 2.45) is 17.8 Å². The van der Waals surface area contributed by atoms with Gasteiger partial charge in [-0.1, -0.05) is 23.7 Å². The van der Waals surface area contributed by atoms with Crippen LogP contribution in [0.2, 0.25) is 0 Å². The van der Waals surface area contributed by atoms with Crippen molar-refractivity contribution < 1.29 is 41.6 Å². The van der Waals surface area contributed by atoms with Crippen LogP contribution in [-0.2, 0) is 19.1 Å². The summed E-state index contributed by atoms with van der Waals surface area (Å²) in [6.07, 6.45) is -2.43. The van der Waals surface area contributed by atoms with Crippen LogP contribution in [0.5, 0.6) is 0 Å². The number of ketones is 1. The number of Topliss-reactive ketones (excluding diaryl/α,β-unsaturated/α-hetero) is 1. The average molecular weight is 537 g/mol. The third-order valence-corrected chi connectivity index (χ3v) is 7.77. The standard InChI is InChI=1S/C25H27F3N4O6/c26-25(27,28)37-12-18(33)17(10-13-8-9-29-22(13)34)30-23(35)21-15-6-3-4-14(15)11-32(21)24(36)20-16-5-1-2-7-19(16)38-31-20/h1-2,5,7,13-15,17,21H,3-4,6,8-12H2,(H,29,34)(H,30,35)/t13-,14-,15-,17?,21-/m0/s1. The molecule has 1 aromatic heterocycles. The summed E-state index contributed by atoms with van der Waals surface area (Å²) in [5.41, 5.74) is 0.480. The Morgan fingerprint density at radius 3 is 2.74 bits per heavy atom. The van der Waals surface area contributed by atoms with Crippen molar-refractivity contribution in [1.29, 1.82) is 0 Å². The number of carbonyl (C=O) groups is 4. The van der Waals surface area contributed by atoms with E-state index in [0.29, 0.717) is 36.9 Å². The molecule has 3 aliphatic rings. The van der Waals surface area contributed by atoms with Crippen molar-refractivity contribution in [1.82, 2.24) is 20.7 Å². The molecule has 10 nitrogen and oxygen atoms in total. The summed E-state index contributed by atoms with van der Waals surface area (Å²) < 4.78 is 46.8. The second-order valence-electron chi connectivity index (χ2n) is 10.1. The molecule has 2 N–H and O–H groups in total. The molecule has 3 fully saturated rings.